The van der Waals surface area contributed by atoms with Gasteiger partial charge in [0.05, 0.1) is 0 Å². The van der Waals surface area contributed by atoms with Crippen LogP contribution >= 0.6 is 0 Å². The highest BCUT2D eigenvalue weighted by Crippen LogP contribution is 2.30. The number of hydrogen-bond donors (Lipinski definition) is 2. The van der Waals surface area contributed by atoms with Crippen LogP contribution < -0.4 is 5.43 Å². The molecule has 5 rings (SSSR count). The minimum atomic E-state index is -0.528. The van der Waals surface area contributed by atoms with Gasteiger partial charge in [0, 0.05) is 64.1 Å². The third-order valence-electron chi connectivity index (χ3n) is 8.66. The van der Waals surface area contributed by atoms with Crippen LogP contribution in [-0.4, -0.2) is 87.2 Å². The first-order valence-electron chi connectivity index (χ1n) is 15.0. The summed E-state index contributed by atoms with van der Waals surface area (Å²) < 4.78 is 1.71. The monoisotopic (exact) mass is 558 g/mol. The molecule has 8 nitrogen and oxygen atoms in total. The van der Waals surface area contributed by atoms with E-state index in [0.29, 0.717) is 37.8 Å². The average Bonchev–Trinajstić information content (AvgIpc) is 3.00. The van der Waals surface area contributed by atoms with Crippen molar-refractivity contribution in [1.29, 1.82) is 0 Å². The topological polar surface area (TPSA) is 89.3 Å². The number of carbonyl (C=O) groups excluding carboxylic acids is 1. The van der Waals surface area contributed by atoms with Crippen LogP contribution in [-0.2, 0) is 25.8 Å². The van der Waals surface area contributed by atoms with Crippen LogP contribution in [0.2, 0.25) is 0 Å². The molecule has 41 heavy (non-hydrogen) atoms. The highest BCUT2D eigenvalue weighted by Gasteiger charge is 2.29. The van der Waals surface area contributed by atoms with E-state index in [2.05, 4.69) is 22.8 Å². The lowest BCUT2D eigenvalue weighted by Gasteiger charge is -2.39. The van der Waals surface area contributed by atoms with E-state index in [1.54, 1.807) is 21.7 Å². The SMILES string of the molecule is CCCN(CCN1CCN(C(=O)c2c(O)c(=O)ccn2CCc2ccccc2)CC1)C1CCc2c(O)cccc2C1. The number of phenols is 1. The Morgan fingerprint density at radius 2 is 1.73 bits per heavy atom. The molecule has 2 aromatic carbocycles. The van der Waals surface area contributed by atoms with E-state index in [0.717, 1.165) is 69.5 Å². The molecule has 1 atom stereocenters. The Morgan fingerprint density at radius 3 is 2.49 bits per heavy atom. The fourth-order valence-corrected chi connectivity index (χ4v) is 6.31. The van der Waals surface area contributed by atoms with Gasteiger partial charge in [-0.25, -0.2) is 0 Å². The molecule has 2 heterocycles. The summed E-state index contributed by atoms with van der Waals surface area (Å²) in [6.45, 7) is 8.31. The molecule has 218 valence electrons. The van der Waals surface area contributed by atoms with E-state index in [-0.39, 0.29) is 11.6 Å². The number of rotatable bonds is 10. The van der Waals surface area contributed by atoms with Crippen LogP contribution in [0.4, 0.5) is 0 Å². The van der Waals surface area contributed by atoms with Crippen molar-refractivity contribution >= 4 is 5.91 Å². The van der Waals surface area contributed by atoms with Crippen LogP contribution in [0.1, 0.15) is 46.9 Å². The standard InChI is InChI=1S/C33H42N4O4/c1-2-15-35(27-11-12-28-26(24-27)9-6-10-29(28)38)21-18-34-19-22-37(23-20-34)33(41)31-32(40)30(39)14-17-36(31)16-13-25-7-4-3-5-8-25/h3-10,14,17,27,38,40H,2,11-13,15-16,18-24H2,1H3. The van der Waals surface area contributed by atoms with Crippen molar-refractivity contribution in [2.75, 3.05) is 45.8 Å². The predicted octanol–water partition coefficient (Wildman–Crippen LogP) is 3.53. The van der Waals surface area contributed by atoms with Gasteiger partial charge in [-0.2, -0.15) is 0 Å². The second-order valence-corrected chi connectivity index (χ2v) is 11.3. The summed E-state index contributed by atoms with van der Waals surface area (Å²) in [6.07, 6.45) is 6.34. The highest BCUT2D eigenvalue weighted by molar-refractivity contribution is 5.95. The van der Waals surface area contributed by atoms with E-state index in [1.165, 1.54) is 11.6 Å². The Bertz CT molecular complexity index is 1380. The molecule has 1 aliphatic heterocycles. The second kappa shape index (κ2) is 13.4. The number of fused-ring (bicyclic) bond motifs is 1. The highest BCUT2D eigenvalue weighted by atomic mass is 16.3. The smallest absolute Gasteiger partial charge is 0.274 e. The van der Waals surface area contributed by atoms with Gasteiger partial charge >= 0.3 is 0 Å². The minimum absolute atomic E-state index is 0.0830. The average molecular weight is 559 g/mol. The van der Waals surface area contributed by atoms with E-state index in [4.69, 9.17) is 0 Å². The molecule has 1 unspecified atom stereocenters. The van der Waals surface area contributed by atoms with Gasteiger partial charge in [0.2, 0.25) is 5.43 Å². The number of benzene rings is 2. The Balaban J connectivity index is 1.17. The molecule has 0 spiro atoms. The number of aromatic hydroxyl groups is 2. The first-order valence-corrected chi connectivity index (χ1v) is 15.0. The quantitative estimate of drug-likeness (QED) is 0.396. The van der Waals surface area contributed by atoms with Crippen molar-refractivity contribution in [3.63, 3.8) is 0 Å². The Hall–Kier alpha value is -3.62. The second-order valence-electron chi connectivity index (χ2n) is 11.3. The maximum Gasteiger partial charge on any atom is 0.274 e. The zero-order valence-corrected chi connectivity index (χ0v) is 24.0. The summed E-state index contributed by atoms with van der Waals surface area (Å²) in [4.78, 5) is 32.6. The lowest BCUT2D eigenvalue weighted by molar-refractivity contribution is 0.0594. The molecule has 0 saturated carbocycles. The number of aromatic nitrogens is 1. The number of hydrogen-bond acceptors (Lipinski definition) is 6. The zero-order chi connectivity index (χ0) is 28.8. The molecule has 1 fully saturated rings. The number of pyridine rings is 1. The van der Waals surface area contributed by atoms with Crippen molar-refractivity contribution in [2.24, 2.45) is 0 Å². The normalized spacial score (nSPS) is 17.5. The molecule has 0 radical (unpaired) electrons. The van der Waals surface area contributed by atoms with Gasteiger partial charge in [0.1, 0.15) is 5.75 Å². The first-order chi connectivity index (χ1) is 19.9. The number of phenolic OH excluding ortho intramolecular Hbond substituents is 1. The van der Waals surface area contributed by atoms with Crippen LogP contribution in [0.3, 0.4) is 0 Å². The van der Waals surface area contributed by atoms with E-state index >= 15 is 0 Å². The molecule has 8 heteroatoms. The van der Waals surface area contributed by atoms with Gasteiger partial charge in [0.25, 0.3) is 5.91 Å². The largest absolute Gasteiger partial charge is 0.508 e. The van der Waals surface area contributed by atoms with Gasteiger partial charge < -0.3 is 19.7 Å². The number of aryl methyl sites for hydroxylation is 2. The minimum Gasteiger partial charge on any atom is -0.508 e. The Kier molecular flexibility index (Phi) is 9.42. The molecule has 1 aliphatic carbocycles. The maximum atomic E-state index is 13.6. The summed E-state index contributed by atoms with van der Waals surface area (Å²) in [7, 11) is 0. The van der Waals surface area contributed by atoms with Gasteiger partial charge in [-0.05, 0) is 61.4 Å². The number of amides is 1. The molecular weight excluding hydrogens is 516 g/mol. The molecule has 2 aliphatic rings. The van der Waals surface area contributed by atoms with Gasteiger partial charge in [0.15, 0.2) is 11.4 Å². The van der Waals surface area contributed by atoms with Crippen molar-refractivity contribution in [1.82, 2.24) is 19.3 Å². The summed E-state index contributed by atoms with van der Waals surface area (Å²) >= 11 is 0. The molecule has 0 bridgehead atoms. The molecular formula is C33H42N4O4. The summed E-state index contributed by atoms with van der Waals surface area (Å²) in [5.74, 6) is -0.331. The van der Waals surface area contributed by atoms with Gasteiger partial charge in [-0.15, -0.1) is 0 Å². The fraction of sp³-hybridized carbons (Fsp3) is 0.455. The van der Waals surface area contributed by atoms with Crippen molar-refractivity contribution in [3.05, 3.63) is 93.4 Å². The van der Waals surface area contributed by atoms with Crippen molar-refractivity contribution < 1.29 is 15.0 Å². The molecule has 1 saturated heterocycles. The maximum absolute atomic E-state index is 13.6. The lowest BCUT2D eigenvalue weighted by Crippen LogP contribution is -2.51. The van der Waals surface area contributed by atoms with E-state index < -0.39 is 11.2 Å². The third-order valence-corrected chi connectivity index (χ3v) is 8.66. The molecule has 3 aromatic rings. The van der Waals surface area contributed by atoms with Crippen LogP contribution in [0.25, 0.3) is 0 Å². The van der Waals surface area contributed by atoms with Crippen molar-refractivity contribution in [3.8, 4) is 11.5 Å². The number of nitrogens with zero attached hydrogens (tertiary/aromatic N) is 4. The van der Waals surface area contributed by atoms with Crippen LogP contribution in [0, 0.1) is 0 Å². The Morgan fingerprint density at radius 1 is 0.951 bits per heavy atom. The fourth-order valence-electron chi connectivity index (χ4n) is 6.31. The molecule has 2 N–H and O–H groups in total. The number of piperazine rings is 1. The summed E-state index contributed by atoms with van der Waals surface area (Å²) in [5.41, 5.74) is 3.06. The van der Waals surface area contributed by atoms with E-state index in [1.807, 2.05) is 36.4 Å². The zero-order valence-electron chi connectivity index (χ0n) is 24.0. The van der Waals surface area contributed by atoms with Gasteiger partial charge in [-0.3, -0.25) is 19.4 Å². The first kappa shape index (κ1) is 28.9. The van der Waals surface area contributed by atoms with Crippen LogP contribution in [0.15, 0.2) is 65.6 Å². The molecule has 1 amide bonds. The number of carbonyl (C=O) groups is 1. The lowest BCUT2D eigenvalue weighted by atomic mass is 9.87. The summed E-state index contributed by atoms with van der Waals surface area (Å²) in [5, 5.41) is 20.8. The van der Waals surface area contributed by atoms with Crippen molar-refractivity contribution in [2.45, 2.75) is 51.6 Å². The third kappa shape index (κ3) is 6.82. The predicted molar refractivity (Wildman–Crippen MR) is 161 cm³/mol. The van der Waals surface area contributed by atoms with E-state index in [9.17, 15) is 19.8 Å². The Labute approximate surface area is 242 Å². The summed E-state index contributed by atoms with van der Waals surface area (Å²) in [6, 6.07) is 17.7. The van der Waals surface area contributed by atoms with Crippen LogP contribution in [0.5, 0.6) is 11.5 Å². The molecule has 1 aromatic heterocycles. The van der Waals surface area contributed by atoms with Gasteiger partial charge in [-0.1, -0.05) is 49.4 Å².